The molecule has 0 amide bonds. The Balaban J connectivity index is 2.88. The van der Waals surface area contributed by atoms with E-state index >= 15 is 0 Å². The highest BCUT2D eigenvalue weighted by atomic mass is 79.9. The number of carbonyl (C=O) groups excluding carboxylic acids is 3. The number of fused-ring (bicyclic) bond motifs is 1. The largest absolute Gasteiger partial charge is 0.302 e. The summed E-state index contributed by atoms with van der Waals surface area (Å²) in [6, 6.07) is 0. The SMILES string of the molecule is O=CC1C(=O)c2c(Br)c(Br)c(Br)c(Br)c2C1=O. The van der Waals surface area contributed by atoms with E-state index in [-0.39, 0.29) is 11.1 Å². The number of rotatable bonds is 1. The number of halogens is 4. The highest BCUT2D eigenvalue weighted by Crippen LogP contribution is 2.46. The molecule has 0 spiro atoms. The molecule has 0 aliphatic heterocycles. The summed E-state index contributed by atoms with van der Waals surface area (Å²) in [5.41, 5.74) is 0.489. The summed E-state index contributed by atoms with van der Waals surface area (Å²) in [5, 5.41) is 0. The van der Waals surface area contributed by atoms with Crippen molar-refractivity contribution in [1.82, 2.24) is 0 Å². The van der Waals surface area contributed by atoms with Crippen molar-refractivity contribution in [1.29, 1.82) is 0 Å². The number of benzene rings is 1. The highest BCUT2D eigenvalue weighted by molar-refractivity contribution is 9.15. The van der Waals surface area contributed by atoms with Gasteiger partial charge in [-0.15, -0.1) is 0 Å². The van der Waals surface area contributed by atoms with Crippen LogP contribution in [0.4, 0.5) is 0 Å². The minimum Gasteiger partial charge on any atom is -0.302 e. The van der Waals surface area contributed by atoms with E-state index in [1.807, 2.05) is 0 Å². The molecule has 1 aliphatic rings. The highest BCUT2D eigenvalue weighted by Gasteiger charge is 2.42. The summed E-state index contributed by atoms with van der Waals surface area (Å²) in [6.45, 7) is 0. The minimum absolute atomic E-state index is 0.244. The van der Waals surface area contributed by atoms with Gasteiger partial charge in [0.25, 0.3) is 0 Å². The Hall–Kier alpha value is 0.150. The quantitative estimate of drug-likeness (QED) is 0.260. The minimum atomic E-state index is -1.22. The Morgan fingerprint density at radius 2 is 1.12 bits per heavy atom. The second kappa shape index (κ2) is 4.68. The van der Waals surface area contributed by atoms with Gasteiger partial charge in [-0.3, -0.25) is 9.59 Å². The lowest BCUT2D eigenvalue weighted by Crippen LogP contribution is -2.16. The van der Waals surface area contributed by atoms with Crippen molar-refractivity contribution in [2.45, 2.75) is 0 Å². The molecule has 2 rings (SSSR count). The van der Waals surface area contributed by atoms with Gasteiger partial charge in [-0.05, 0) is 63.7 Å². The van der Waals surface area contributed by atoms with Crippen LogP contribution in [0.3, 0.4) is 0 Å². The summed E-state index contributed by atoms with van der Waals surface area (Å²) in [6.07, 6.45) is 0.380. The Morgan fingerprint density at radius 3 is 1.41 bits per heavy atom. The van der Waals surface area contributed by atoms with Crippen LogP contribution in [0, 0.1) is 5.92 Å². The van der Waals surface area contributed by atoms with Gasteiger partial charge in [-0.25, -0.2) is 0 Å². The third kappa shape index (κ3) is 1.82. The molecule has 0 aromatic heterocycles. The molecule has 1 aromatic rings. The topological polar surface area (TPSA) is 51.2 Å². The fourth-order valence-electron chi connectivity index (χ4n) is 1.65. The fraction of sp³-hybridized carbons (Fsp3) is 0.100. The summed E-state index contributed by atoms with van der Waals surface area (Å²) in [7, 11) is 0. The van der Waals surface area contributed by atoms with Crippen LogP contribution in [0.2, 0.25) is 0 Å². The summed E-state index contributed by atoms with van der Waals surface area (Å²) < 4.78 is 2.20. The van der Waals surface area contributed by atoms with Gasteiger partial charge in [0.2, 0.25) is 0 Å². The zero-order valence-corrected chi connectivity index (χ0v) is 14.2. The van der Waals surface area contributed by atoms with Gasteiger partial charge in [0, 0.05) is 29.0 Å². The Morgan fingerprint density at radius 1 is 0.765 bits per heavy atom. The number of hydrogen-bond acceptors (Lipinski definition) is 3. The van der Waals surface area contributed by atoms with Gasteiger partial charge < -0.3 is 4.79 Å². The molecule has 0 saturated carbocycles. The molecular weight excluding hydrogens is 488 g/mol. The first-order chi connectivity index (χ1) is 7.91. The molecule has 0 fully saturated rings. The van der Waals surface area contributed by atoms with Gasteiger partial charge in [0.1, 0.15) is 12.2 Å². The first-order valence-electron chi connectivity index (χ1n) is 4.31. The van der Waals surface area contributed by atoms with Crippen molar-refractivity contribution in [3.05, 3.63) is 29.0 Å². The van der Waals surface area contributed by atoms with Gasteiger partial charge >= 0.3 is 0 Å². The third-order valence-electron chi connectivity index (χ3n) is 2.46. The van der Waals surface area contributed by atoms with E-state index in [4.69, 9.17) is 0 Å². The molecule has 88 valence electrons. The maximum absolute atomic E-state index is 11.9. The zero-order chi connectivity index (χ0) is 12.9. The number of aldehydes is 1. The molecular formula is C10H2Br4O3. The first-order valence-corrected chi connectivity index (χ1v) is 7.48. The molecule has 1 aromatic carbocycles. The van der Waals surface area contributed by atoms with Crippen LogP contribution in [-0.4, -0.2) is 17.9 Å². The van der Waals surface area contributed by atoms with E-state index in [0.29, 0.717) is 24.2 Å². The molecule has 3 nitrogen and oxygen atoms in total. The maximum Gasteiger partial charge on any atom is 0.182 e. The molecule has 0 heterocycles. The summed E-state index contributed by atoms with van der Waals surface area (Å²) in [5.74, 6) is -2.17. The number of Topliss-reactive ketones (excluding diaryl/α,β-unsaturated/α-hetero) is 2. The second-order valence-electron chi connectivity index (χ2n) is 3.35. The van der Waals surface area contributed by atoms with E-state index in [0.717, 1.165) is 0 Å². The van der Waals surface area contributed by atoms with E-state index < -0.39 is 17.5 Å². The molecule has 1 aliphatic carbocycles. The van der Waals surface area contributed by atoms with Gasteiger partial charge in [-0.1, -0.05) is 0 Å². The van der Waals surface area contributed by atoms with Gasteiger partial charge in [-0.2, -0.15) is 0 Å². The van der Waals surface area contributed by atoms with E-state index in [2.05, 4.69) is 63.7 Å². The van der Waals surface area contributed by atoms with Crippen LogP contribution in [-0.2, 0) is 4.79 Å². The van der Waals surface area contributed by atoms with E-state index in [1.54, 1.807) is 0 Å². The van der Waals surface area contributed by atoms with Crippen molar-refractivity contribution in [3.8, 4) is 0 Å². The summed E-state index contributed by atoms with van der Waals surface area (Å²) in [4.78, 5) is 34.7. The lowest BCUT2D eigenvalue weighted by Gasteiger charge is -2.08. The predicted molar refractivity (Wildman–Crippen MR) is 75.5 cm³/mol. The van der Waals surface area contributed by atoms with Crippen LogP contribution in [0.5, 0.6) is 0 Å². The van der Waals surface area contributed by atoms with Crippen molar-refractivity contribution >= 4 is 81.6 Å². The molecule has 0 atom stereocenters. The van der Waals surface area contributed by atoms with Crippen LogP contribution < -0.4 is 0 Å². The Kier molecular flexibility index (Phi) is 3.74. The van der Waals surface area contributed by atoms with Gasteiger partial charge in [0.05, 0.1) is 0 Å². The Labute approximate surface area is 130 Å². The van der Waals surface area contributed by atoms with Crippen LogP contribution in [0.15, 0.2) is 17.9 Å². The lowest BCUT2D eigenvalue weighted by atomic mass is 10.1. The van der Waals surface area contributed by atoms with Gasteiger partial charge in [0.15, 0.2) is 11.6 Å². The molecule has 17 heavy (non-hydrogen) atoms. The van der Waals surface area contributed by atoms with Crippen molar-refractivity contribution in [2.75, 3.05) is 0 Å². The number of carbonyl (C=O) groups is 3. The Bertz CT molecular complexity index is 533. The molecule has 0 bridgehead atoms. The average Bonchev–Trinajstić information content (AvgIpc) is 2.55. The van der Waals surface area contributed by atoms with Crippen LogP contribution in [0.25, 0.3) is 0 Å². The monoisotopic (exact) mass is 486 g/mol. The maximum atomic E-state index is 11.9. The zero-order valence-electron chi connectivity index (χ0n) is 7.89. The van der Waals surface area contributed by atoms with E-state index in [1.165, 1.54) is 0 Å². The van der Waals surface area contributed by atoms with Crippen molar-refractivity contribution < 1.29 is 14.4 Å². The first kappa shape index (κ1) is 13.6. The average molecular weight is 490 g/mol. The second-order valence-corrected chi connectivity index (χ2v) is 6.52. The molecule has 0 saturated heterocycles. The van der Waals surface area contributed by atoms with Crippen molar-refractivity contribution in [3.63, 3.8) is 0 Å². The molecule has 0 N–H and O–H groups in total. The third-order valence-corrected chi connectivity index (χ3v) is 7.23. The summed E-state index contributed by atoms with van der Waals surface area (Å²) >= 11 is 13.1. The molecule has 7 heteroatoms. The lowest BCUT2D eigenvalue weighted by molar-refractivity contribution is -0.108. The van der Waals surface area contributed by atoms with Crippen LogP contribution in [0.1, 0.15) is 20.7 Å². The van der Waals surface area contributed by atoms with E-state index in [9.17, 15) is 14.4 Å². The number of ketones is 2. The smallest absolute Gasteiger partial charge is 0.182 e. The normalized spacial score (nSPS) is 15.3. The molecule has 0 radical (unpaired) electrons. The number of hydrogen-bond donors (Lipinski definition) is 0. The van der Waals surface area contributed by atoms with Crippen LogP contribution >= 0.6 is 63.7 Å². The molecule has 0 unspecified atom stereocenters. The standard InChI is InChI=1S/C10H2Br4O3/c11-5-3-4(6(12)8(14)7(5)13)10(17)2(1-15)9(3)16/h1-2H. The predicted octanol–water partition coefficient (Wildman–Crippen LogP) is 3.93. The fourth-order valence-corrected chi connectivity index (χ4v) is 4.16. The van der Waals surface area contributed by atoms with Crippen molar-refractivity contribution in [2.24, 2.45) is 5.92 Å².